The Morgan fingerprint density at radius 2 is 1.88 bits per heavy atom. The van der Waals surface area contributed by atoms with Gasteiger partial charge in [-0.05, 0) is 66.4 Å². The Balaban J connectivity index is 1.53. The zero-order valence-electron chi connectivity index (χ0n) is 21.1. The summed E-state index contributed by atoms with van der Waals surface area (Å²) in [5.41, 5.74) is 8.39. The molecule has 6 unspecified atom stereocenters. The summed E-state index contributed by atoms with van der Waals surface area (Å²) in [6.45, 7) is 10.9. The number of ether oxygens (including phenoxy) is 3. The fourth-order valence-corrected chi connectivity index (χ4v) is 10.6. The van der Waals surface area contributed by atoms with Crippen LogP contribution in [0.4, 0.5) is 0 Å². The van der Waals surface area contributed by atoms with Gasteiger partial charge in [-0.15, -0.1) is 0 Å². The molecule has 1 heterocycles. The normalized spacial score (nSPS) is 51.5. The molecule has 33 heavy (non-hydrogen) atoms. The van der Waals surface area contributed by atoms with Gasteiger partial charge in [0.15, 0.2) is 11.5 Å². The van der Waals surface area contributed by atoms with E-state index in [0.717, 1.165) is 37.2 Å². The smallest absolute Gasteiger partial charge is 0.165 e. The maximum atomic E-state index is 12.1. The monoisotopic (exact) mass is 453 g/mol. The first kappa shape index (κ1) is 21.0. The first-order chi connectivity index (χ1) is 15.4. The van der Waals surface area contributed by atoms with Crippen molar-refractivity contribution in [2.45, 2.75) is 89.6 Å². The minimum atomic E-state index is -0.920. The number of fused-ring (bicyclic) bond motifs is 2. The Bertz CT molecular complexity index is 1090. The molecule has 5 nitrogen and oxygen atoms in total. The van der Waals surface area contributed by atoms with E-state index in [0.29, 0.717) is 11.8 Å². The molecule has 0 radical (unpaired) electrons. The van der Waals surface area contributed by atoms with Gasteiger partial charge in [0.25, 0.3) is 0 Å². The predicted octanol–water partition coefficient (Wildman–Crippen LogP) is 4.04. The lowest BCUT2D eigenvalue weighted by atomic mass is 9.40. The highest BCUT2D eigenvalue weighted by atomic mass is 16.6. The Morgan fingerprint density at radius 1 is 1.15 bits per heavy atom. The van der Waals surface area contributed by atoms with E-state index in [1.165, 1.54) is 11.1 Å². The number of nitrogens with two attached hydrogens (primary N) is 1. The highest BCUT2D eigenvalue weighted by molar-refractivity contribution is 5.65. The summed E-state index contributed by atoms with van der Waals surface area (Å²) in [6, 6.07) is 4.41. The lowest BCUT2D eigenvalue weighted by Gasteiger charge is -2.70. The van der Waals surface area contributed by atoms with Crippen LogP contribution in [0.3, 0.4) is 0 Å². The molecule has 0 saturated heterocycles. The number of benzene rings is 1. The van der Waals surface area contributed by atoms with Crippen LogP contribution in [0.1, 0.15) is 70.9 Å². The second-order valence-electron chi connectivity index (χ2n) is 13.7. The third-order valence-corrected chi connectivity index (χ3v) is 12.3. The molecular formula is C28H39NO4. The number of hydrogen-bond acceptors (Lipinski definition) is 5. The molecule has 10 atom stereocenters. The van der Waals surface area contributed by atoms with Gasteiger partial charge in [-0.3, -0.25) is 0 Å². The van der Waals surface area contributed by atoms with E-state index in [4.69, 9.17) is 19.9 Å². The van der Waals surface area contributed by atoms with Crippen molar-refractivity contribution in [3.63, 3.8) is 0 Å². The van der Waals surface area contributed by atoms with E-state index >= 15 is 0 Å². The van der Waals surface area contributed by atoms with Crippen LogP contribution in [0, 0.1) is 33.5 Å². The summed E-state index contributed by atoms with van der Waals surface area (Å²) < 4.78 is 19.5. The Morgan fingerprint density at radius 3 is 2.52 bits per heavy atom. The van der Waals surface area contributed by atoms with E-state index in [1.807, 2.05) is 14.0 Å². The van der Waals surface area contributed by atoms with Crippen molar-refractivity contribution in [1.29, 1.82) is 0 Å². The van der Waals surface area contributed by atoms with Crippen molar-refractivity contribution in [2.24, 2.45) is 39.2 Å². The van der Waals surface area contributed by atoms with Crippen molar-refractivity contribution in [3.05, 3.63) is 23.3 Å². The fourth-order valence-electron chi connectivity index (χ4n) is 10.6. The maximum absolute atomic E-state index is 12.1. The third-order valence-electron chi connectivity index (χ3n) is 12.3. The average Bonchev–Trinajstić information content (AvgIpc) is 3.44. The van der Waals surface area contributed by atoms with Crippen LogP contribution in [-0.4, -0.2) is 42.7 Å². The van der Waals surface area contributed by atoms with Gasteiger partial charge in [0.05, 0.1) is 12.7 Å². The molecule has 5 fully saturated rings. The third kappa shape index (κ3) is 1.76. The summed E-state index contributed by atoms with van der Waals surface area (Å²) in [6.07, 6.45) is 3.75. The van der Waals surface area contributed by atoms with Gasteiger partial charge in [0.2, 0.25) is 0 Å². The van der Waals surface area contributed by atoms with Crippen LogP contribution in [0.15, 0.2) is 12.1 Å². The van der Waals surface area contributed by atoms with E-state index < -0.39 is 11.2 Å². The van der Waals surface area contributed by atoms with Crippen LogP contribution in [-0.2, 0) is 11.2 Å². The number of hydrogen-bond donors (Lipinski definition) is 2. The topological polar surface area (TPSA) is 73.9 Å². The Kier molecular flexibility index (Phi) is 3.45. The lowest BCUT2D eigenvalue weighted by molar-refractivity contribution is -0.301. The molecule has 1 aromatic rings. The van der Waals surface area contributed by atoms with Crippen LogP contribution < -0.4 is 15.2 Å². The zero-order valence-corrected chi connectivity index (χ0v) is 21.1. The minimum absolute atomic E-state index is 0.00447. The zero-order chi connectivity index (χ0) is 23.6. The van der Waals surface area contributed by atoms with Crippen LogP contribution >= 0.6 is 0 Å². The van der Waals surface area contributed by atoms with Gasteiger partial charge >= 0.3 is 0 Å². The van der Waals surface area contributed by atoms with Crippen LogP contribution in [0.5, 0.6) is 11.5 Å². The summed E-state index contributed by atoms with van der Waals surface area (Å²) >= 11 is 0. The minimum Gasteiger partial charge on any atom is -0.493 e. The highest BCUT2D eigenvalue weighted by Crippen LogP contribution is 2.95. The summed E-state index contributed by atoms with van der Waals surface area (Å²) in [7, 11) is 3.57. The molecule has 5 saturated carbocycles. The highest BCUT2D eigenvalue weighted by Gasteiger charge is 2.96. The van der Waals surface area contributed by atoms with Crippen molar-refractivity contribution in [2.75, 3.05) is 14.2 Å². The first-order valence-corrected chi connectivity index (χ1v) is 12.8. The second-order valence-corrected chi connectivity index (χ2v) is 13.7. The summed E-state index contributed by atoms with van der Waals surface area (Å²) in [5.74, 6) is 2.67. The fraction of sp³-hybridized carbons (Fsp3) is 0.786. The quantitative estimate of drug-likeness (QED) is 0.723. The molecule has 0 aromatic heterocycles. The molecule has 6 aliphatic carbocycles. The maximum Gasteiger partial charge on any atom is 0.165 e. The van der Waals surface area contributed by atoms with E-state index in [9.17, 15) is 5.11 Å². The molecule has 1 aliphatic heterocycles. The van der Waals surface area contributed by atoms with Gasteiger partial charge in [-0.25, -0.2) is 0 Å². The van der Waals surface area contributed by atoms with Crippen molar-refractivity contribution in [3.8, 4) is 11.5 Å². The second kappa shape index (κ2) is 5.42. The van der Waals surface area contributed by atoms with Crippen molar-refractivity contribution in [1.82, 2.24) is 0 Å². The molecule has 3 N–H and O–H groups in total. The van der Waals surface area contributed by atoms with E-state index in [-0.39, 0.29) is 39.7 Å². The molecule has 2 spiro atoms. The molecule has 0 amide bonds. The molecule has 180 valence electrons. The SMILES string of the molecule is COc1ccc2c3c1OC1C4(OC)CCC5(CC4C(C)(O)C(C)(C)C)[C@H](N)[C@@](C)(C2)[C@@H]2[C@@H]3C125. The number of aliphatic hydroxyl groups is 1. The van der Waals surface area contributed by atoms with Gasteiger partial charge in [0, 0.05) is 36.0 Å². The van der Waals surface area contributed by atoms with E-state index in [2.05, 4.69) is 39.8 Å². The van der Waals surface area contributed by atoms with Gasteiger partial charge in [-0.2, -0.15) is 0 Å². The lowest BCUT2D eigenvalue weighted by Crippen LogP contribution is -2.77. The first-order valence-electron chi connectivity index (χ1n) is 12.8. The number of methoxy groups -OCH3 is 2. The summed E-state index contributed by atoms with van der Waals surface area (Å²) in [4.78, 5) is 0. The largest absolute Gasteiger partial charge is 0.493 e. The molecule has 5 heteroatoms. The van der Waals surface area contributed by atoms with Crippen LogP contribution in [0.25, 0.3) is 0 Å². The average molecular weight is 454 g/mol. The standard InChI is InChI=1S/C28H39NO4/c1-23(2,3)25(5,30)16-13-26-10-11-27(16,32-7)22-28(26)18-17-14(8-9-15(31-6)19(17)33-22)12-24(4,20(18)28)21(26)29/h8-9,16,18,20-22,30H,10-13,29H2,1-7H3/t16?,18-,20+,21-,22?,24+,25?,26?,27?,28?/m1/s1. The Hall–Kier alpha value is -1.30. The van der Waals surface area contributed by atoms with Gasteiger partial charge in [0.1, 0.15) is 11.7 Å². The van der Waals surface area contributed by atoms with E-state index in [1.54, 1.807) is 7.11 Å². The molecule has 2 bridgehead atoms. The van der Waals surface area contributed by atoms with Gasteiger partial charge < -0.3 is 25.1 Å². The molecule has 1 aromatic carbocycles. The molecule has 7 aliphatic rings. The van der Waals surface area contributed by atoms with Crippen molar-refractivity contribution < 1.29 is 19.3 Å². The summed E-state index contributed by atoms with van der Waals surface area (Å²) in [5, 5.41) is 12.1. The molecular weight excluding hydrogens is 414 g/mol. The number of rotatable bonds is 3. The van der Waals surface area contributed by atoms with Gasteiger partial charge in [-0.1, -0.05) is 33.8 Å². The Labute approximate surface area is 197 Å². The predicted molar refractivity (Wildman–Crippen MR) is 125 cm³/mol. The van der Waals surface area contributed by atoms with Crippen molar-refractivity contribution >= 4 is 0 Å². The molecule has 8 rings (SSSR count). The van der Waals surface area contributed by atoms with Crippen LogP contribution in [0.2, 0.25) is 0 Å².